The lowest BCUT2D eigenvalue weighted by molar-refractivity contribution is -0.139. The molecule has 0 saturated heterocycles. The fourth-order valence-corrected chi connectivity index (χ4v) is 4.90. The Labute approximate surface area is 153 Å². The highest BCUT2D eigenvalue weighted by atomic mass is 32.2. The smallest absolute Gasteiger partial charge is 0.317 e. The second-order valence-corrected chi connectivity index (χ2v) is 8.59. The number of benzene rings is 2. The second kappa shape index (κ2) is 7.73. The number of nitrogens with one attached hydrogen (secondary N) is 1. The average molecular weight is 376 g/mol. The van der Waals surface area contributed by atoms with E-state index in [1.807, 2.05) is 54.3 Å². The molecule has 140 valence electrons. The highest BCUT2D eigenvalue weighted by molar-refractivity contribution is 7.88. The topological polar surface area (TPSA) is 86.7 Å². The lowest BCUT2D eigenvalue weighted by atomic mass is 9.86. The zero-order valence-corrected chi connectivity index (χ0v) is 15.6. The SMILES string of the molecule is CCN(CC(=O)O)C1CC(NS(=O)(=O)Cc2ccc3ccccc3c2)C1. The summed E-state index contributed by atoms with van der Waals surface area (Å²) < 4.78 is 27.6. The Hall–Kier alpha value is -1.96. The lowest BCUT2D eigenvalue weighted by Gasteiger charge is -2.42. The summed E-state index contributed by atoms with van der Waals surface area (Å²) in [5.41, 5.74) is 0.758. The standard InChI is InChI=1S/C19H24N2O4S/c1-2-21(12-19(22)23)18-10-17(11-18)20-26(24,25)13-14-7-8-15-5-3-4-6-16(15)9-14/h3-9,17-18,20H,2,10-13H2,1H3,(H,22,23). The van der Waals surface area contributed by atoms with Crippen LogP contribution >= 0.6 is 0 Å². The molecule has 7 heteroatoms. The van der Waals surface area contributed by atoms with E-state index in [1.54, 1.807) is 0 Å². The molecule has 2 aromatic carbocycles. The molecule has 2 aromatic rings. The maximum absolute atomic E-state index is 12.4. The van der Waals surface area contributed by atoms with Crippen LogP contribution in [-0.4, -0.2) is 49.6 Å². The summed E-state index contributed by atoms with van der Waals surface area (Å²) in [7, 11) is -3.43. The Morgan fingerprint density at radius 3 is 2.54 bits per heavy atom. The van der Waals surface area contributed by atoms with Gasteiger partial charge in [-0.05, 0) is 35.7 Å². The van der Waals surface area contributed by atoms with Gasteiger partial charge in [0.15, 0.2) is 0 Å². The molecule has 1 aliphatic carbocycles. The van der Waals surface area contributed by atoms with Crippen LogP contribution in [0.15, 0.2) is 42.5 Å². The number of sulfonamides is 1. The Bertz CT molecular complexity index is 891. The molecular weight excluding hydrogens is 352 g/mol. The van der Waals surface area contributed by atoms with Crippen LogP contribution in [0.5, 0.6) is 0 Å². The molecule has 0 aliphatic heterocycles. The molecule has 0 unspecified atom stereocenters. The van der Waals surface area contributed by atoms with Crippen molar-refractivity contribution in [3.05, 3.63) is 48.0 Å². The van der Waals surface area contributed by atoms with Crippen LogP contribution in [0, 0.1) is 0 Å². The van der Waals surface area contributed by atoms with E-state index in [2.05, 4.69) is 4.72 Å². The molecule has 0 atom stereocenters. The second-order valence-electron chi connectivity index (χ2n) is 6.84. The first-order chi connectivity index (χ1) is 12.4. The number of carboxylic acids is 1. The maximum Gasteiger partial charge on any atom is 0.317 e. The van der Waals surface area contributed by atoms with Crippen molar-refractivity contribution in [3.63, 3.8) is 0 Å². The van der Waals surface area contributed by atoms with Crippen LogP contribution in [0.2, 0.25) is 0 Å². The minimum Gasteiger partial charge on any atom is -0.480 e. The number of nitrogens with zero attached hydrogens (tertiary/aromatic N) is 1. The minimum absolute atomic E-state index is 0.00226. The fourth-order valence-electron chi connectivity index (χ4n) is 3.50. The highest BCUT2D eigenvalue weighted by Crippen LogP contribution is 2.26. The van der Waals surface area contributed by atoms with E-state index in [-0.39, 0.29) is 24.4 Å². The van der Waals surface area contributed by atoms with Crippen molar-refractivity contribution in [1.29, 1.82) is 0 Å². The summed E-state index contributed by atoms with van der Waals surface area (Å²) in [5, 5.41) is 11.0. The predicted molar refractivity (Wildman–Crippen MR) is 101 cm³/mol. The average Bonchev–Trinajstić information content (AvgIpc) is 2.55. The van der Waals surface area contributed by atoms with Crippen LogP contribution in [0.25, 0.3) is 10.8 Å². The van der Waals surface area contributed by atoms with Gasteiger partial charge >= 0.3 is 5.97 Å². The zero-order chi connectivity index (χ0) is 18.7. The molecule has 1 aliphatic rings. The van der Waals surface area contributed by atoms with Crippen molar-refractivity contribution < 1.29 is 18.3 Å². The largest absolute Gasteiger partial charge is 0.480 e. The van der Waals surface area contributed by atoms with Gasteiger partial charge in [0.1, 0.15) is 0 Å². The number of carboxylic acid groups (broad SMARTS) is 1. The van der Waals surface area contributed by atoms with Gasteiger partial charge in [-0.2, -0.15) is 0 Å². The van der Waals surface area contributed by atoms with E-state index >= 15 is 0 Å². The first-order valence-electron chi connectivity index (χ1n) is 8.80. The van der Waals surface area contributed by atoms with Crippen molar-refractivity contribution in [1.82, 2.24) is 9.62 Å². The number of likely N-dealkylation sites (N-methyl/N-ethyl adjacent to an activating group) is 1. The highest BCUT2D eigenvalue weighted by Gasteiger charge is 2.35. The van der Waals surface area contributed by atoms with Crippen LogP contribution in [0.1, 0.15) is 25.3 Å². The van der Waals surface area contributed by atoms with Gasteiger partial charge in [0.2, 0.25) is 10.0 Å². The van der Waals surface area contributed by atoms with E-state index in [0.717, 1.165) is 16.3 Å². The van der Waals surface area contributed by atoms with Gasteiger partial charge in [0.05, 0.1) is 12.3 Å². The van der Waals surface area contributed by atoms with Crippen LogP contribution in [0.3, 0.4) is 0 Å². The summed E-state index contributed by atoms with van der Waals surface area (Å²) in [4.78, 5) is 12.7. The molecule has 0 radical (unpaired) electrons. The van der Waals surface area contributed by atoms with Crippen molar-refractivity contribution in [2.24, 2.45) is 0 Å². The minimum atomic E-state index is -3.43. The molecule has 0 bridgehead atoms. The Kier molecular flexibility index (Phi) is 5.60. The first-order valence-corrected chi connectivity index (χ1v) is 10.4. The summed E-state index contributed by atoms with van der Waals surface area (Å²) in [6.45, 7) is 2.56. The summed E-state index contributed by atoms with van der Waals surface area (Å²) >= 11 is 0. The molecule has 2 N–H and O–H groups in total. The van der Waals surface area contributed by atoms with Gasteiger partial charge in [0, 0.05) is 12.1 Å². The van der Waals surface area contributed by atoms with E-state index in [1.165, 1.54) is 0 Å². The Morgan fingerprint density at radius 2 is 1.88 bits per heavy atom. The fraction of sp³-hybridized carbons (Fsp3) is 0.421. The van der Waals surface area contributed by atoms with Crippen molar-refractivity contribution in [3.8, 4) is 0 Å². The number of rotatable bonds is 8. The third kappa shape index (κ3) is 4.60. The van der Waals surface area contributed by atoms with Crippen molar-refractivity contribution >= 4 is 26.8 Å². The monoisotopic (exact) mass is 376 g/mol. The quantitative estimate of drug-likeness (QED) is 0.738. The molecule has 0 heterocycles. The molecule has 1 fully saturated rings. The molecule has 3 rings (SSSR count). The van der Waals surface area contributed by atoms with E-state index < -0.39 is 16.0 Å². The molecule has 26 heavy (non-hydrogen) atoms. The van der Waals surface area contributed by atoms with Crippen LogP contribution in [-0.2, 0) is 20.6 Å². The Morgan fingerprint density at radius 1 is 1.19 bits per heavy atom. The van der Waals surface area contributed by atoms with E-state index in [4.69, 9.17) is 5.11 Å². The number of aliphatic carboxylic acids is 1. The maximum atomic E-state index is 12.4. The van der Waals surface area contributed by atoms with Gasteiger partial charge in [-0.1, -0.05) is 49.4 Å². The number of fused-ring (bicyclic) bond motifs is 1. The summed E-state index contributed by atoms with van der Waals surface area (Å²) in [6.07, 6.45) is 1.30. The van der Waals surface area contributed by atoms with Gasteiger partial charge in [0.25, 0.3) is 0 Å². The van der Waals surface area contributed by atoms with Crippen LogP contribution in [0.4, 0.5) is 0 Å². The predicted octanol–water partition coefficient (Wildman–Crippen LogP) is 2.20. The van der Waals surface area contributed by atoms with Gasteiger partial charge in [-0.25, -0.2) is 13.1 Å². The van der Waals surface area contributed by atoms with Gasteiger partial charge in [-0.15, -0.1) is 0 Å². The lowest BCUT2D eigenvalue weighted by Crippen LogP contribution is -2.54. The van der Waals surface area contributed by atoms with Crippen LogP contribution < -0.4 is 4.72 Å². The van der Waals surface area contributed by atoms with Crippen molar-refractivity contribution in [2.75, 3.05) is 13.1 Å². The van der Waals surface area contributed by atoms with E-state index in [0.29, 0.717) is 19.4 Å². The first kappa shape index (κ1) is 18.8. The number of carbonyl (C=O) groups is 1. The third-order valence-electron chi connectivity index (χ3n) is 4.89. The molecule has 1 saturated carbocycles. The molecule has 6 nitrogen and oxygen atoms in total. The Balaban J connectivity index is 1.57. The summed E-state index contributed by atoms with van der Waals surface area (Å²) in [6, 6.07) is 13.6. The van der Waals surface area contributed by atoms with Gasteiger partial charge < -0.3 is 5.11 Å². The molecule has 0 spiro atoms. The molecule has 0 amide bonds. The van der Waals surface area contributed by atoms with E-state index in [9.17, 15) is 13.2 Å². The van der Waals surface area contributed by atoms with Crippen molar-refractivity contribution in [2.45, 2.75) is 37.6 Å². The normalized spacial score (nSPS) is 20.2. The number of hydrogen-bond donors (Lipinski definition) is 2. The summed E-state index contributed by atoms with van der Waals surface area (Å²) in [5.74, 6) is -0.904. The zero-order valence-electron chi connectivity index (χ0n) is 14.8. The third-order valence-corrected chi connectivity index (χ3v) is 6.30. The number of hydrogen-bond acceptors (Lipinski definition) is 4. The molecule has 0 aromatic heterocycles. The molecular formula is C19H24N2O4S. The van der Waals surface area contributed by atoms with Gasteiger partial charge in [-0.3, -0.25) is 9.69 Å².